The number of hydrogen-bond acceptors (Lipinski definition) is 5. The fourth-order valence-corrected chi connectivity index (χ4v) is 1.90. The molecular formula is C17H19ClN4O3. The molecule has 2 heterocycles. The Morgan fingerprint density at radius 3 is 2.52 bits per heavy atom. The highest BCUT2D eigenvalue weighted by Gasteiger charge is 2.23. The Balaban J connectivity index is 2.04. The summed E-state index contributed by atoms with van der Waals surface area (Å²) in [4.78, 5) is 31.8. The van der Waals surface area contributed by atoms with E-state index in [0.717, 1.165) is 0 Å². The Morgan fingerprint density at radius 2 is 1.92 bits per heavy atom. The molecule has 0 atom stereocenters. The topological polar surface area (TPSA) is 93.2 Å². The summed E-state index contributed by atoms with van der Waals surface area (Å²) >= 11 is 5.82. The number of aryl methyl sites for hydroxylation is 1. The van der Waals surface area contributed by atoms with Gasteiger partial charge in [0.25, 0.3) is 0 Å². The molecule has 2 aromatic rings. The quantitative estimate of drug-likeness (QED) is 0.807. The Bertz CT molecular complexity index is 803. The van der Waals surface area contributed by atoms with Gasteiger partial charge in [-0.1, -0.05) is 32.4 Å². The van der Waals surface area contributed by atoms with Crippen molar-refractivity contribution in [3.63, 3.8) is 0 Å². The van der Waals surface area contributed by atoms with E-state index < -0.39 is 11.4 Å². The van der Waals surface area contributed by atoms with Gasteiger partial charge in [-0.2, -0.15) is 0 Å². The predicted molar refractivity (Wildman–Crippen MR) is 94.9 cm³/mol. The largest absolute Gasteiger partial charge is 0.455 e. The maximum absolute atomic E-state index is 11.9. The van der Waals surface area contributed by atoms with Gasteiger partial charge in [-0.25, -0.2) is 14.8 Å². The average Bonchev–Trinajstić information content (AvgIpc) is 2.49. The van der Waals surface area contributed by atoms with Crippen LogP contribution >= 0.6 is 11.6 Å². The molecule has 2 N–H and O–H groups in total. The first-order chi connectivity index (χ1) is 11.6. The third-order valence-corrected chi connectivity index (χ3v) is 3.32. The molecule has 0 aliphatic carbocycles. The zero-order valence-corrected chi connectivity index (χ0v) is 15.1. The molecular weight excluding hydrogens is 344 g/mol. The van der Waals surface area contributed by atoms with Crippen LogP contribution in [0.15, 0.2) is 30.5 Å². The van der Waals surface area contributed by atoms with E-state index >= 15 is 0 Å². The number of ether oxygens (including phenoxy) is 1. The second-order valence-corrected chi connectivity index (χ2v) is 6.74. The van der Waals surface area contributed by atoms with E-state index in [1.165, 1.54) is 6.20 Å². The van der Waals surface area contributed by atoms with Crippen molar-refractivity contribution in [3.8, 4) is 11.5 Å². The summed E-state index contributed by atoms with van der Waals surface area (Å²) in [6.07, 6.45) is 1.53. The van der Waals surface area contributed by atoms with Crippen LogP contribution in [0.3, 0.4) is 0 Å². The molecule has 0 saturated carbocycles. The summed E-state index contributed by atoms with van der Waals surface area (Å²) in [6, 6.07) is 5.85. The minimum absolute atomic E-state index is 0.303. The molecule has 3 amide bonds. The molecule has 132 valence electrons. The number of carbonyl (C=O) groups excluding carboxylic acids is 2. The van der Waals surface area contributed by atoms with Gasteiger partial charge in [-0.05, 0) is 25.1 Å². The number of nitrogens with one attached hydrogen (secondary N) is 2. The number of anilines is 1. The second kappa shape index (κ2) is 7.48. The first kappa shape index (κ1) is 18.7. The highest BCUT2D eigenvalue weighted by Crippen LogP contribution is 2.26. The molecule has 0 fully saturated rings. The Morgan fingerprint density at radius 1 is 1.20 bits per heavy atom. The summed E-state index contributed by atoms with van der Waals surface area (Å²) in [7, 11) is 0. The lowest BCUT2D eigenvalue weighted by atomic mass is 9.96. The van der Waals surface area contributed by atoms with Crippen molar-refractivity contribution in [3.05, 3.63) is 41.3 Å². The molecule has 0 unspecified atom stereocenters. The molecule has 0 saturated heterocycles. The van der Waals surface area contributed by atoms with Crippen LogP contribution in [0, 0.1) is 12.3 Å². The number of amides is 3. The smallest absolute Gasteiger partial charge is 0.327 e. The van der Waals surface area contributed by atoms with Crippen molar-refractivity contribution in [2.45, 2.75) is 27.7 Å². The van der Waals surface area contributed by atoms with Crippen molar-refractivity contribution < 1.29 is 14.3 Å². The van der Waals surface area contributed by atoms with Gasteiger partial charge in [-0.15, -0.1) is 0 Å². The lowest BCUT2D eigenvalue weighted by molar-refractivity contribution is -0.127. The minimum Gasteiger partial charge on any atom is -0.455 e. The second-order valence-electron chi connectivity index (χ2n) is 6.35. The third kappa shape index (κ3) is 5.42. The van der Waals surface area contributed by atoms with E-state index in [0.29, 0.717) is 28.2 Å². The van der Waals surface area contributed by atoms with E-state index in [9.17, 15) is 9.59 Å². The third-order valence-electron chi connectivity index (χ3n) is 3.11. The molecule has 0 aliphatic rings. The minimum atomic E-state index is -0.663. The zero-order valence-electron chi connectivity index (χ0n) is 14.4. The predicted octanol–water partition coefficient (Wildman–Crippen LogP) is 3.92. The first-order valence-electron chi connectivity index (χ1n) is 7.54. The number of urea groups is 1. The van der Waals surface area contributed by atoms with Crippen LogP contribution in [0.1, 0.15) is 26.5 Å². The van der Waals surface area contributed by atoms with E-state index in [1.54, 1.807) is 52.0 Å². The van der Waals surface area contributed by atoms with Crippen LogP contribution in [-0.2, 0) is 4.79 Å². The van der Waals surface area contributed by atoms with Crippen molar-refractivity contribution in [1.29, 1.82) is 0 Å². The van der Waals surface area contributed by atoms with Crippen LogP contribution in [-0.4, -0.2) is 21.9 Å². The summed E-state index contributed by atoms with van der Waals surface area (Å²) in [6.45, 7) is 6.89. The fourth-order valence-electron chi connectivity index (χ4n) is 1.74. The Kier molecular flexibility index (Phi) is 5.58. The van der Waals surface area contributed by atoms with Crippen LogP contribution in [0.4, 0.5) is 10.6 Å². The summed E-state index contributed by atoms with van der Waals surface area (Å²) < 4.78 is 5.69. The van der Waals surface area contributed by atoms with Crippen LogP contribution in [0.5, 0.6) is 11.5 Å². The van der Waals surface area contributed by atoms with Gasteiger partial charge in [0.2, 0.25) is 5.91 Å². The Hall–Kier alpha value is -2.67. The SMILES string of the molecule is Cc1nc(NC(=O)NC(=O)C(C)(C)C)ccc1Oc1ccnc(Cl)c1. The summed E-state index contributed by atoms with van der Waals surface area (Å²) in [5, 5.41) is 5.10. The van der Waals surface area contributed by atoms with Crippen LogP contribution in [0.25, 0.3) is 0 Å². The lowest BCUT2D eigenvalue weighted by Gasteiger charge is -2.17. The summed E-state index contributed by atoms with van der Waals surface area (Å²) in [5.41, 5.74) is -0.0996. The standard InChI is InChI=1S/C17H19ClN4O3/c1-10-12(25-11-7-8-19-13(18)9-11)5-6-14(20-10)21-16(24)22-15(23)17(2,3)4/h5-9H,1-4H3,(H2,20,21,22,23,24). The number of aromatic nitrogens is 2. The monoisotopic (exact) mass is 362 g/mol. The maximum atomic E-state index is 11.9. The van der Waals surface area contributed by atoms with Gasteiger partial charge in [0.15, 0.2) is 0 Å². The number of hydrogen-bond donors (Lipinski definition) is 2. The van der Waals surface area contributed by atoms with E-state index in [2.05, 4.69) is 20.6 Å². The maximum Gasteiger partial charge on any atom is 0.327 e. The molecule has 0 spiro atoms. The van der Waals surface area contributed by atoms with Gasteiger partial charge >= 0.3 is 6.03 Å². The molecule has 8 heteroatoms. The number of carbonyl (C=O) groups is 2. The molecule has 0 aromatic carbocycles. The van der Waals surface area contributed by atoms with Gasteiger partial charge in [0.1, 0.15) is 22.5 Å². The summed E-state index contributed by atoms with van der Waals surface area (Å²) in [5.74, 6) is 0.964. The molecule has 25 heavy (non-hydrogen) atoms. The fraction of sp³-hybridized carbons (Fsp3) is 0.294. The van der Waals surface area contributed by atoms with Crippen molar-refractivity contribution in [2.24, 2.45) is 5.41 Å². The lowest BCUT2D eigenvalue weighted by Crippen LogP contribution is -2.41. The van der Waals surface area contributed by atoms with E-state index in [1.807, 2.05) is 0 Å². The molecule has 0 aliphatic heterocycles. The number of rotatable bonds is 3. The number of halogens is 1. The van der Waals surface area contributed by atoms with E-state index in [4.69, 9.17) is 16.3 Å². The molecule has 2 rings (SSSR count). The van der Waals surface area contributed by atoms with Crippen molar-refractivity contribution in [1.82, 2.24) is 15.3 Å². The molecule has 7 nitrogen and oxygen atoms in total. The number of pyridine rings is 2. The number of imide groups is 1. The van der Waals surface area contributed by atoms with Crippen LogP contribution in [0.2, 0.25) is 5.15 Å². The molecule has 2 aromatic heterocycles. The van der Waals surface area contributed by atoms with Gasteiger partial charge in [-0.3, -0.25) is 15.4 Å². The highest BCUT2D eigenvalue weighted by molar-refractivity contribution is 6.29. The molecule has 0 bridgehead atoms. The Labute approximate surface area is 150 Å². The zero-order chi connectivity index (χ0) is 18.6. The van der Waals surface area contributed by atoms with Gasteiger partial charge in [0, 0.05) is 17.7 Å². The normalized spacial score (nSPS) is 10.9. The molecule has 0 radical (unpaired) electrons. The van der Waals surface area contributed by atoms with Gasteiger partial charge < -0.3 is 4.74 Å². The number of nitrogens with zero attached hydrogens (tertiary/aromatic N) is 2. The van der Waals surface area contributed by atoms with Crippen LogP contribution < -0.4 is 15.4 Å². The van der Waals surface area contributed by atoms with Gasteiger partial charge in [0.05, 0.1) is 5.69 Å². The van der Waals surface area contributed by atoms with Crippen molar-refractivity contribution in [2.75, 3.05) is 5.32 Å². The van der Waals surface area contributed by atoms with Crippen molar-refractivity contribution >= 4 is 29.4 Å². The average molecular weight is 363 g/mol. The highest BCUT2D eigenvalue weighted by atomic mass is 35.5. The first-order valence-corrected chi connectivity index (χ1v) is 7.92. The van der Waals surface area contributed by atoms with E-state index in [-0.39, 0.29) is 5.91 Å².